The number of benzene rings is 2. The highest BCUT2D eigenvalue weighted by molar-refractivity contribution is 7.89. The van der Waals surface area contributed by atoms with Gasteiger partial charge in [-0.15, -0.1) is 0 Å². The van der Waals surface area contributed by atoms with E-state index in [0.717, 1.165) is 29.2 Å². The van der Waals surface area contributed by atoms with Crippen molar-refractivity contribution in [3.8, 4) is 11.5 Å². The van der Waals surface area contributed by atoms with Crippen molar-refractivity contribution in [3.63, 3.8) is 0 Å². The molecule has 0 N–H and O–H groups in total. The van der Waals surface area contributed by atoms with Gasteiger partial charge in [-0.1, -0.05) is 17.7 Å². The van der Waals surface area contributed by atoms with Crippen LogP contribution in [0.5, 0.6) is 0 Å². The zero-order valence-electron chi connectivity index (χ0n) is 16.4. The summed E-state index contributed by atoms with van der Waals surface area (Å²) in [5, 5.41) is 0.614. The number of piperazine rings is 1. The molecule has 2 aromatic carbocycles. The fourth-order valence-electron chi connectivity index (χ4n) is 3.42. The SMILES string of the molecule is Cc1oc(-c2cccc(Cl)c2)nc1CN1CCN(S(=O)(=O)c2ccc(F)cc2)CC1. The summed E-state index contributed by atoms with van der Waals surface area (Å²) < 4.78 is 45.8. The molecule has 0 aliphatic carbocycles. The van der Waals surface area contributed by atoms with Crippen molar-refractivity contribution in [3.05, 3.63) is 70.8 Å². The van der Waals surface area contributed by atoms with Crippen LogP contribution in [0.25, 0.3) is 11.5 Å². The van der Waals surface area contributed by atoms with Crippen molar-refractivity contribution >= 4 is 21.6 Å². The summed E-state index contributed by atoms with van der Waals surface area (Å²) in [5.74, 6) is 0.785. The third-order valence-corrected chi connectivity index (χ3v) is 7.27. The normalized spacial score (nSPS) is 16.1. The van der Waals surface area contributed by atoms with Crippen LogP contribution in [0.1, 0.15) is 11.5 Å². The molecule has 1 saturated heterocycles. The predicted octanol–water partition coefficient (Wildman–Crippen LogP) is 3.95. The van der Waals surface area contributed by atoms with Crippen molar-refractivity contribution in [2.75, 3.05) is 26.2 Å². The lowest BCUT2D eigenvalue weighted by Gasteiger charge is -2.33. The molecule has 1 aliphatic heterocycles. The van der Waals surface area contributed by atoms with Crippen LogP contribution in [-0.2, 0) is 16.6 Å². The van der Waals surface area contributed by atoms with Crippen molar-refractivity contribution in [1.82, 2.24) is 14.2 Å². The molecule has 6 nitrogen and oxygen atoms in total. The standard InChI is InChI=1S/C21H21ClFN3O3S/c1-15-20(24-21(29-15)16-3-2-4-17(22)13-16)14-25-9-11-26(12-10-25)30(27,28)19-7-5-18(23)6-8-19/h2-8,13H,9-12,14H2,1H3. The van der Waals surface area contributed by atoms with E-state index >= 15 is 0 Å². The number of halogens is 2. The topological polar surface area (TPSA) is 66.7 Å². The molecule has 2 heterocycles. The molecule has 0 spiro atoms. The molecule has 30 heavy (non-hydrogen) atoms. The zero-order chi connectivity index (χ0) is 21.3. The Labute approximate surface area is 179 Å². The Morgan fingerprint density at radius 2 is 1.80 bits per heavy atom. The van der Waals surface area contributed by atoms with Gasteiger partial charge in [-0.3, -0.25) is 4.90 Å². The summed E-state index contributed by atoms with van der Waals surface area (Å²) in [5.41, 5.74) is 1.63. The number of aryl methyl sites for hydroxylation is 1. The van der Waals surface area contributed by atoms with E-state index in [1.165, 1.54) is 16.4 Å². The molecule has 1 aromatic heterocycles. The fraction of sp³-hybridized carbons (Fsp3) is 0.286. The number of nitrogens with zero attached hydrogens (tertiary/aromatic N) is 3. The van der Waals surface area contributed by atoms with Gasteiger partial charge in [-0.05, 0) is 49.4 Å². The van der Waals surface area contributed by atoms with Crippen LogP contribution in [0, 0.1) is 12.7 Å². The van der Waals surface area contributed by atoms with Crippen LogP contribution in [-0.4, -0.2) is 48.8 Å². The number of aromatic nitrogens is 1. The molecule has 3 aromatic rings. The van der Waals surface area contributed by atoms with Crippen molar-refractivity contribution in [1.29, 1.82) is 0 Å². The minimum absolute atomic E-state index is 0.107. The van der Waals surface area contributed by atoms with Gasteiger partial charge in [0, 0.05) is 43.3 Å². The van der Waals surface area contributed by atoms with E-state index in [2.05, 4.69) is 9.88 Å². The van der Waals surface area contributed by atoms with Gasteiger partial charge in [0.25, 0.3) is 0 Å². The maximum absolute atomic E-state index is 13.1. The quantitative estimate of drug-likeness (QED) is 0.590. The summed E-state index contributed by atoms with van der Waals surface area (Å²) in [6.07, 6.45) is 0. The van der Waals surface area contributed by atoms with Gasteiger partial charge in [0.1, 0.15) is 11.6 Å². The molecular formula is C21H21ClFN3O3S. The Kier molecular flexibility index (Phi) is 5.92. The highest BCUT2D eigenvalue weighted by Crippen LogP contribution is 2.25. The third kappa shape index (κ3) is 4.41. The lowest BCUT2D eigenvalue weighted by Crippen LogP contribution is -2.48. The second-order valence-corrected chi connectivity index (χ2v) is 9.54. The van der Waals surface area contributed by atoms with E-state index in [4.69, 9.17) is 16.0 Å². The molecule has 158 valence electrons. The number of hydrogen-bond acceptors (Lipinski definition) is 5. The average Bonchev–Trinajstić information content (AvgIpc) is 3.09. The molecule has 0 atom stereocenters. The van der Waals surface area contributed by atoms with Crippen LogP contribution >= 0.6 is 11.6 Å². The molecule has 0 bridgehead atoms. The summed E-state index contributed by atoms with van der Waals surface area (Å²) in [4.78, 5) is 6.85. The molecule has 1 aliphatic rings. The van der Waals surface area contributed by atoms with Gasteiger partial charge in [0.15, 0.2) is 0 Å². The van der Waals surface area contributed by atoms with E-state index in [-0.39, 0.29) is 4.90 Å². The van der Waals surface area contributed by atoms with Crippen molar-refractivity contribution in [2.45, 2.75) is 18.4 Å². The lowest BCUT2D eigenvalue weighted by molar-refractivity contribution is 0.179. The number of sulfonamides is 1. The van der Waals surface area contributed by atoms with Gasteiger partial charge >= 0.3 is 0 Å². The number of oxazole rings is 1. The predicted molar refractivity (Wildman–Crippen MR) is 112 cm³/mol. The van der Waals surface area contributed by atoms with E-state index in [1.54, 1.807) is 12.1 Å². The third-order valence-electron chi connectivity index (χ3n) is 5.12. The first-order valence-corrected chi connectivity index (χ1v) is 11.3. The highest BCUT2D eigenvalue weighted by atomic mass is 35.5. The molecule has 1 fully saturated rings. The van der Waals surface area contributed by atoms with Crippen LogP contribution in [0.3, 0.4) is 0 Å². The Bertz CT molecular complexity index is 1140. The van der Waals surface area contributed by atoms with Crippen molar-refractivity contribution in [2.24, 2.45) is 0 Å². The van der Waals surface area contributed by atoms with Gasteiger partial charge in [0.2, 0.25) is 15.9 Å². The first-order valence-electron chi connectivity index (χ1n) is 9.53. The summed E-state index contributed by atoms with van der Waals surface area (Å²) in [6.45, 7) is 4.29. The summed E-state index contributed by atoms with van der Waals surface area (Å²) in [7, 11) is -3.63. The first-order chi connectivity index (χ1) is 14.3. The molecule has 0 radical (unpaired) electrons. The fourth-order valence-corrected chi connectivity index (χ4v) is 5.03. The van der Waals surface area contributed by atoms with Gasteiger partial charge in [-0.2, -0.15) is 4.31 Å². The first kappa shape index (κ1) is 21.0. The second kappa shape index (κ2) is 8.47. The lowest BCUT2D eigenvalue weighted by atomic mass is 10.2. The molecule has 0 unspecified atom stereocenters. The number of rotatable bonds is 5. The highest BCUT2D eigenvalue weighted by Gasteiger charge is 2.29. The molecule has 0 saturated carbocycles. The Hall–Kier alpha value is -2.26. The van der Waals surface area contributed by atoms with Gasteiger partial charge < -0.3 is 4.42 Å². The smallest absolute Gasteiger partial charge is 0.243 e. The second-order valence-electron chi connectivity index (χ2n) is 7.17. The van der Waals surface area contributed by atoms with Crippen LogP contribution in [0.2, 0.25) is 5.02 Å². The molecule has 4 rings (SSSR count). The van der Waals surface area contributed by atoms with E-state index < -0.39 is 15.8 Å². The summed E-state index contributed by atoms with van der Waals surface area (Å²) in [6, 6.07) is 12.2. The molecule has 0 amide bonds. The zero-order valence-corrected chi connectivity index (χ0v) is 18.0. The Morgan fingerprint density at radius 3 is 2.47 bits per heavy atom. The van der Waals surface area contributed by atoms with Gasteiger partial charge in [0.05, 0.1) is 10.6 Å². The molecule has 9 heteroatoms. The maximum atomic E-state index is 13.1. The van der Waals surface area contributed by atoms with E-state index in [1.807, 2.05) is 19.1 Å². The minimum atomic E-state index is -3.63. The van der Waals surface area contributed by atoms with Crippen molar-refractivity contribution < 1.29 is 17.2 Å². The number of hydrogen-bond donors (Lipinski definition) is 0. The average molecular weight is 450 g/mol. The van der Waals surface area contributed by atoms with Gasteiger partial charge in [-0.25, -0.2) is 17.8 Å². The Balaban J connectivity index is 1.41. The van der Waals surface area contributed by atoms with E-state index in [0.29, 0.717) is 43.6 Å². The van der Waals surface area contributed by atoms with E-state index in [9.17, 15) is 12.8 Å². The maximum Gasteiger partial charge on any atom is 0.243 e. The monoisotopic (exact) mass is 449 g/mol. The van der Waals surface area contributed by atoms with Crippen LogP contribution < -0.4 is 0 Å². The van der Waals surface area contributed by atoms with Crippen LogP contribution in [0.4, 0.5) is 4.39 Å². The summed E-state index contributed by atoms with van der Waals surface area (Å²) >= 11 is 6.05. The van der Waals surface area contributed by atoms with Crippen LogP contribution in [0.15, 0.2) is 57.8 Å². The minimum Gasteiger partial charge on any atom is -0.441 e. The molecular weight excluding hydrogens is 429 g/mol. The Morgan fingerprint density at radius 1 is 1.10 bits per heavy atom. The largest absolute Gasteiger partial charge is 0.441 e.